The minimum absolute atomic E-state index is 0.0637. The summed E-state index contributed by atoms with van der Waals surface area (Å²) in [5.74, 6) is -0.138. The van der Waals surface area contributed by atoms with E-state index in [1.54, 1.807) is 21.8 Å². The van der Waals surface area contributed by atoms with Crippen molar-refractivity contribution in [1.82, 2.24) is 35.0 Å². The second-order valence-corrected chi connectivity index (χ2v) is 7.91. The molecule has 1 aromatic carbocycles. The van der Waals surface area contributed by atoms with Gasteiger partial charge in [-0.15, -0.1) is 5.10 Å². The molecule has 4 rings (SSSR count). The largest absolute Gasteiger partial charge is 0.347 e. The van der Waals surface area contributed by atoms with E-state index in [0.717, 1.165) is 30.5 Å². The average molecular weight is 422 g/mol. The first kappa shape index (κ1) is 20.8. The Kier molecular flexibility index (Phi) is 6.40. The molecule has 0 aliphatic carbocycles. The van der Waals surface area contributed by atoms with Gasteiger partial charge in [0.05, 0.1) is 25.0 Å². The Bertz CT molecular complexity index is 1030. The lowest BCUT2D eigenvalue weighted by molar-refractivity contribution is -0.132. The maximum absolute atomic E-state index is 12.7. The van der Waals surface area contributed by atoms with Gasteiger partial charge in [-0.3, -0.25) is 14.3 Å². The zero-order chi connectivity index (χ0) is 21.6. The summed E-state index contributed by atoms with van der Waals surface area (Å²) >= 11 is 0. The van der Waals surface area contributed by atoms with Gasteiger partial charge in [0.25, 0.3) is 5.91 Å². The van der Waals surface area contributed by atoms with Crippen LogP contribution in [0.1, 0.15) is 40.9 Å². The fourth-order valence-electron chi connectivity index (χ4n) is 3.87. The molecule has 1 aliphatic heterocycles. The minimum Gasteiger partial charge on any atom is -0.347 e. The molecule has 1 unspecified atom stereocenters. The van der Waals surface area contributed by atoms with Crippen LogP contribution in [-0.2, 0) is 24.4 Å². The number of nitrogens with zero attached hydrogens (tertiary/aromatic N) is 6. The van der Waals surface area contributed by atoms with Crippen molar-refractivity contribution in [3.8, 4) is 0 Å². The number of amides is 2. The molecule has 2 amide bonds. The number of benzene rings is 1. The summed E-state index contributed by atoms with van der Waals surface area (Å²) in [4.78, 5) is 27.0. The van der Waals surface area contributed by atoms with Crippen LogP contribution >= 0.6 is 0 Å². The van der Waals surface area contributed by atoms with Crippen molar-refractivity contribution >= 4 is 11.8 Å². The Labute approximate surface area is 181 Å². The van der Waals surface area contributed by atoms with Crippen LogP contribution in [0.4, 0.5) is 0 Å². The van der Waals surface area contributed by atoms with Gasteiger partial charge in [-0.1, -0.05) is 35.5 Å². The summed E-state index contributed by atoms with van der Waals surface area (Å²) in [6.45, 7) is 4.28. The fraction of sp³-hybridized carbons (Fsp3) is 0.409. The van der Waals surface area contributed by atoms with Crippen LogP contribution in [0.2, 0.25) is 0 Å². The summed E-state index contributed by atoms with van der Waals surface area (Å²) in [5, 5.41) is 15.2. The van der Waals surface area contributed by atoms with Crippen LogP contribution < -0.4 is 5.32 Å². The van der Waals surface area contributed by atoms with Crippen LogP contribution in [-0.4, -0.2) is 54.1 Å². The van der Waals surface area contributed by atoms with Crippen molar-refractivity contribution in [1.29, 1.82) is 0 Å². The lowest BCUT2D eigenvalue weighted by atomic mass is 10.2. The molecule has 0 saturated carbocycles. The first-order chi connectivity index (χ1) is 15.1. The number of aryl methyl sites for hydroxylation is 2. The van der Waals surface area contributed by atoms with Gasteiger partial charge in [0.15, 0.2) is 5.69 Å². The molecule has 9 nitrogen and oxygen atoms in total. The maximum atomic E-state index is 12.7. The van der Waals surface area contributed by atoms with Gasteiger partial charge in [0.2, 0.25) is 5.91 Å². The van der Waals surface area contributed by atoms with E-state index in [4.69, 9.17) is 0 Å². The molecule has 1 fully saturated rings. The number of likely N-dealkylation sites (tertiary alicyclic amines) is 1. The van der Waals surface area contributed by atoms with Crippen LogP contribution in [0.5, 0.6) is 0 Å². The number of carbonyl (C=O) groups is 2. The smallest absolute Gasteiger partial charge is 0.273 e. The first-order valence-corrected chi connectivity index (χ1v) is 10.6. The molecule has 3 aromatic rings. The third-order valence-electron chi connectivity index (χ3n) is 5.48. The van der Waals surface area contributed by atoms with Gasteiger partial charge in [-0.05, 0) is 30.9 Å². The number of nitrogens with one attached hydrogen (secondary N) is 1. The van der Waals surface area contributed by atoms with E-state index in [9.17, 15) is 9.59 Å². The molecular weight excluding hydrogens is 394 g/mol. The monoisotopic (exact) mass is 421 g/mol. The summed E-state index contributed by atoms with van der Waals surface area (Å²) < 4.78 is 3.46. The molecule has 1 saturated heterocycles. The lowest BCUT2D eigenvalue weighted by Gasteiger charge is -2.24. The SMILES string of the molecule is Cc1cnn(CCC(=O)N2CCCC2Cn2cc(C(=O)NCc3ccccc3)nn2)c1. The van der Waals surface area contributed by atoms with Crippen LogP contribution in [0.25, 0.3) is 0 Å². The fourth-order valence-corrected chi connectivity index (χ4v) is 3.87. The van der Waals surface area contributed by atoms with Crippen molar-refractivity contribution in [3.63, 3.8) is 0 Å². The lowest BCUT2D eigenvalue weighted by Crippen LogP contribution is -2.38. The van der Waals surface area contributed by atoms with Crippen LogP contribution in [0.15, 0.2) is 48.9 Å². The van der Waals surface area contributed by atoms with E-state index in [1.807, 2.05) is 48.4 Å². The molecule has 1 aliphatic rings. The molecule has 0 bridgehead atoms. The normalized spacial score (nSPS) is 15.9. The third kappa shape index (κ3) is 5.36. The summed E-state index contributed by atoms with van der Waals surface area (Å²) in [6.07, 6.45) is 7.68. The zero-order valence-electron chi connectivity index (χ0n) is 17.6. The van der Waals surface area contributed by atoms with Crippen molar-refractivity contribution in [2.45, 2.75) is 51.9 Å². The van der Waals surface area contributed by atoms with Gasteiger partial charge in [0.1, 0.15) is 0 Å². The van der Waals surface area contributed by atoms with E-state index in [2.05, 4.69) is 20.7 Å². The van der Waals surface area contributed by atoms with Crippen LogP contribution in [0.3, 0.4) is 0 Å². The van der Waals surface area contributed by atoms with Crippen LogP contribution in [0, 0.1) is 6.92 Å². The predicted molar refractivity (Wildman–Crippen MR) is 114 cm³/mol. The molecule has 0 radical (unpaired) electrons. The molecule has 31 heavy (non-hydrogen) atoms. The van der Waals surface area contributed by atoms with E-state index < -0.39 is 0 Å². The van der Waals surface area contributed by atoms with E-state index >= 15 is 0 Å². The average Bonchev–Trinajstić information content (AvgIpc) is 3.53. The molecule has 1 atom stereocenters. The maximum Gasteiger partial charge on any atom is 0.273 e. The topological polar surface area (TPSA) is 97.9 Å². The Morgan fingerprint density at radius 3 is 2.77 bits per heavy atom. The number of hydrogen-bond acceptors (Lipinski definition) is 5. The number of aromatic nitrogens is 5. The van der Waals surface area contributed by atoms with Gasteiger partial charge in [-0.25, -0.2) is 4.68 Å². The molecule has 9 heteroatoms. The number of hydrogen-bond donors (Lipinski definition) is 1. The van der Waals surface area contributed by atoms with Gasteiger partial charge in [-0.2, -0.15) is 5.10 Å². The standard InChI is InChI=1S/C22H27N7O2/c1-17-12-24-27(14-17)11-9-21(30)29-10-5-8-19(29)15-28-16-20(25-26-28)22(31)23-13-18-6-3-2-4-7-18/h2-4,6-7,12,14,16,19H,5,8-11,13,15H2,1H3,(H,23,31). The van der Waals surface area contributed by atoms with Crippen molar-refractivity contribution in [3.05, 3.63) is 65.7 Å². The Hall–Kier alpha value is -3.49. The first-order valence-electron chi connectivity index (χ1n) is 10.6. The third-order valence-corrected chi connectivity index (χ3v) is 5.48. The Morgan fingerprint density at radius 2 is 2.00 bits per heavy atom. The molecule has 3 heterocycles. The van der Waals surface area contributed by atoms with Crippen molar-refractivity contribution in [2.75, 3.05) is 6.54 Å². The summed E-state index contributed by atoms with van der Waals surface area (Å²) in [5.41, 5.74) is 2.38. The van der Waals surface area contributed by atoms with E-state index in [1.165, 1.54) is 0 Å². The van der Waals surface area contributed by atoms with E-state index in [0.29, 0.717) is 26.1 Å². The molecule has 0 spiro atoms. The van der Waals surface area contributed by atoms with Crippen molar-refractivity contribution in [2.24, 2.45) is 0 Å². The highest BCUT2D eigenvalue weighted by Gasteiger charge is 2.29. The predicted octanol–water partition coefficient (Wildman–Crippen LogP) is 1.79. The van der Waals surface area contributed by atoms with Gasteiger partial charge < -0.3 is 10.2 Å². The number of carbonyl (C=O) groups excluding carboxylic acids is 2. The molecule has 2 aromatic heterocycles. The second kappa shape index (κ2) is 9.55. The quantitative estimate of drug-likeness (QED) is 0.598. The second-order valence-electron chi connectivity index (χ2n) is 7.91. The molecule has 162 valence electrons. The highest BCUT2D eigenvalue weighted by atomic mass is 16.2. The highest BCUT2D eigenvalue weighted by molar-refractivity contribution is 5.91. The highest BCUT2D eigenvalue weighted by Crippen LogP contribution is 2.20. The van der Waals surface area contributed by atoms with Gasteiger partial charge >= 0.3 is 0 Å². The Morgan fingerprint density at radius 1 is 1.16 bits per heavy atom. The zero-order valence-corrected chi connectivity index (χ0v) is 17.6. The molecular formula is C22H27N7O2. The summed E-state index contributed by atoms with van der Waals surface area (Å²) in [7, 11) is 0. The summed E-state index contributed by atoms with van der Waals surface area (Å²) in [6, 6.07) is 9.78. The molecule has 1 N–H and O–H groups in total. The number of rotatable bonds is 8. The Balaban J connectivity index is 1.29. The van der Waals surface area contributed by atoms with Crippen molar-refractivity contribution < 1.29 is 9.59 Å². The van der Waals surface area contributed by atoms with Gasteiger partial charge in [0, 0.05) is 32.3 Å². The van der Waals surface area contributed by atoms with E-state index in [-0.39, 0.29) is 23.6 Å². The minimum atomic E-state index is -0.260.